The second-order valence-electron chi connectivity index (χ2n) is 4.56. The molecule has 0 aliphatic carbocycles. The molecule has 0 amide bonds. The van der Waals surface area contributed by atoms with Crippen molar-refractivity contribution in [1.29, 1.82) is 0 Å². The number of fused-ring (bicyclic) bond motifs is 1. The summed E-state index contributed by atoms with van der Waals surface area (Å²) < 4.78 is 15.5. The summed E-state index contributed by atoms with van der Waals surface area (Å²) in [5.41, 5.74) is 7.34. The van der Waals surface area contributed by atoms with Crippen molar-refractivity contribution in [1.82, 2.24) is 14.8 Å². The maximum atomic E-state index is 13.8. The predicted molar refractivity (Wildman–Crippen MR) is 79.4 cm³/mol. The highest BCUT2D eigenvalue weighted by atomic mass is 19.1. The average molecular weight is 283 g/mol. The zero-order valence-electron chi connectivity index (χ0n) is 11.3. The van der Waals surface area contributed by atoms with E-state index in [0.717, 1.165) is 11.1 Å². The summed E-state index contributed by atoms with van der Waals surface area (Å²) in [5.74, 6) is -0.251. The third-order valence-electron chi connectivity index (χ3n) is 3.21. The van der Waals surface area contributed by atoms with Gasteiger partial charge in [0.1, 0.15) is 5.82 Å². The molecule has 2 N–H and O–H groups in total. The number of aromatic nitrogens is 3. The molecule has 1 aromatic carbocycles. The van der Waals surface area contributed by atoms with Crippen molar-refractivity contribution in [3.05, 3.63) is 59.7 Å². The Morgan fingerprint density at radius 3 is 2.90 bits per heavy atom. The fourth-order valence-corrected chi connectivity index (χ4v) is 2.23. The van der Waals surface area contributed by atoms with Crippen LogP contribution >= 0.6 is 0 Å². The quantitative estimate of drug-likeness (QED) is 0.589. The first-order chi connectivity index (χ1) is 10.3. The van der Waals surface area contributed by atoms with Crippen molar-refractivity contribution in [2.45, 2.75) is 13.1 Å². The monoisotopic (exact) mass is 283 g/mol. The van der Waals surface area contributed by atoms with E-state index in [4.69, 9.17) is 5.73 Å². The van der Waals surface area contributed by atoms with Crippen molar-refractivity contribution >= 4 is 17.4 Å². The highest BCUT2D eigenvalue weighted by Crippen LogP contribution is 2.19. The fourth-order valence-electron chi connectivity index (χ4n) is 2.23. The summed E-state index contributed by atoms with van der Waals surface area (Å²) in [5, 5.41) is 5.38. The van der Waals surface area contributed by atoms with Gasteiger partial charge >= 0.3 is 0 Å². The molecule has 2 heterocycles. The zero-order chi connectivity index (χ0) is 14.7. The smallest absolute Gasteiger partial charge is 0.158 e. The Morgan fingerprint density at radius 2 is 2.10 bits per heavy atom. The van der Waals surface area contributed by atoms with Crippen molar-refractivity contribution in [2.75, 3.05) is 0 Å². The van der Waals surface area contributed by atoms with E-state index in [0.29, 0.717) is 24.3 Å². The van der Waals surface area contributed by atoms with Crippen LogP contribution in [-0.4, -0.2) is 21.1 Å². The van der Waals surface area contributed by atoms with Gasteiger partial charge in [0, 0.05) is 17.1 Å². The molecule has 6 heteroatoms. The van der Waals surface area contributed by atoms with Gasteiger partial charge in [-0.25, -0.2) is 14.1 Å². The number of halogens is 1. The standard InChI is InChI=1S/C15H14FN5/c16-13-6-2-1-4-11(13)9-21-15-12(5-3-7-19-15)14(20-21)8-18-10-17/h1-7,10H,8-9H2,(H2,17,18). The number of nitrogens with two attached hydrogens (primary N) is 1. The van der Waals surface area contributed by atoms with Crippen LogP contribution in [0.1, 0.15) is 11.3 Å². The molecule has 3 rings (SSSR count). The number of aliphatic imine (C=N–C) groups is 1. The van der Waals surface area contributed by atoms with E-state index in [1.807, 2.05) is 12.1 Å². The molecular formula is C15H14FN5. The summed E-state index contributed by atoms with van der Waals surface area (Å²) in [6.45, 7) is 0.704. The summed E-state index contributed by atoms with van der Waals surface area (Å²) in [6, 6.07) is 10.4. The number of pyridine rings is 1. The minimum atomic E-state index is -0.251. The molecule has 2 aromatic heterocycles. The van der Waals surface area contributed by atoms with Gasteiger partial charge in [0.15, 0.2) is 5.65 Å². The summed E-state index contributed by atoms with van der Waals surface area (Å²) in [6.07, 6.45) is 2.94. The van der Waals surface area contributed by atoms with Crippen LogP contribution in [0.3, 0.4) is 0 Å². The molecule has 0 saturated carbocycles. The van der Waals surface area contributed by atoms with Gasteiger partial charge in [0.2, 0.25) is 0 Å². The van der Waals surface area contributed by atoms with Crippen LogP contribution in [0.5, 0.6) is 0 Å². The molecule has 0 unspecified atom stereocenters. The topological polar surface area (TPSA) is 69.1 Å². The number of rotatable bonds is 4. The summed E-state index contributed by atoms with van der Waals surface area (Å²) >= 11 is 0. The Labute approximate surface area is 120 Å². The third-order valence-corrected chi connectivity index (χ3v) is 3.21. The minimum absolute atomic E-state index is 0.251. The molecule has 21 heavy (non-hydrogen) atoms. The SMILES string of the molecule is NC=NCc1nn(Cc2ccccc2F)c2ncccc12. The van der Waals surface area contributed by atoms with Crippen molar-refractivity contribution in [3.8, 4) is 0 Å². The van der Waals surface area contributed by atoms with Crippen LogP contribution in [-0.2, 0) is 13.1 Å². The van der Waals surface area contributed by atoms with Gasteiger partial charge in [-0.1, -0.05) is 18.2 Å². The van der Waals surface area contributed by atoms with Crippen LogP contribution in [0.2, 0.25) is 0 Å². The van der Waals surface area contributed by atoms with Gasteiger partial charge in [0.05, 0.1) is 25.1 Å². The highest BCUT2D eigenvalue weighted by molar-refractivity contribution is 5.78. The molecule has 3 aromatic rings. The van der Waals surface area contributed by atoms with Gasteiger partial charge in [-0.3, -0.25) is 4.99 Å². The van der Waals surface area contributed by atoms with E-state index in [-0.39, 0.29) is 5.82 Å². The van der Waals surface area contributed by atoms with Crippen molar-refractivity contribution < 1.29 is 4.39 Å². The van der Waals surface area contributed by atoms with Gasteiger partial charge in [-0.15, -0.1) is 0 Å². The molecule has 0 saturated heterocycles. The zero-order valence-corrected chi connectivity index (χ0v) is 11.3. The van der Waals surface area contributed by atoms with Crippen LogP contribution in [0.15, 0.2) is 47.6 Å². The Bertz CT molecular complexity index is 794. The first-order valence-corrected chi connectivity index (χ1v) is 6.53. The lowest BCUT2D eigenvalue weighted by Gasteiger charge is -2.04. The maximum Gasteiger partial charge on any atom is 0.158 e. The molecule has 0 radical (unpaired) electrons. The Morgan fingerprint density at radius 1 is 1.24 bits per heavy atom. The number of benzene rings is 1. The molecule has 0 aliphatic heterocycles. The lowest BCUT2D eigenvalue weighted by atomic mass is 10.2. The first kappa shape index (κ1) is 13.2. The average Bonchev–Trinajstić information content (AvgIpc) is 2.86. The van der Waals surface area contributed by atoms with Crippen molar-refractivity contribution in [3.63, 3.8) is 0 Å². The van der Waals surface area contributed by atoms with E-state index in [1.54, 1.807) is 29.1 Å². The fraction of sp³-hybridized carbons (Fsp3) is 0.133. The van der Waals surface area contributed by atoms with E-state index in [1.165, 1.54) is 12.4 Å². The number of nitrogens with zero attached hydrogens (tertiary/aromatic N) is 4. The van der Waals surface area contributed by atoms with E-state index >= 15 is 0 Å². The Balaban J connectivity index is 2.04. The van der Waals surface area contributed by atoms with Gasteiger partial charge in [0.25, 0.3) is 0 Å². The first-order valence-electron chi connectivity index (χ1n) is 6.53. The molecule has 0 bridgehead atoms. The maximum absolute atomic E-state index is 13.8. The minimum Gasteiger partial charge on any atom is -0.390 e. The molecule has 0 atom stereocenters. The van der Waals surface area contributed by atoms with Crippen LogP contribution in [0, 0.1) is 5.82 Å². The molecule has 0 aliphatic rings. The second-order valence-corrected chi connectivity index (χ2v) is 4.56. The van der Waals surface area contributed by atoms with E-state index in [9.17, 15) is 4.39 Å². The van der Waals surface area contributed by atoms with Crippen molar-refractivity contribution in [2.24, 2.45) is 10.7 Å². The largest absolute Gasteiger partial charge is 0.390 e. The van der Waals surface area contributed by atoms with Gasteiger partial charge < -0.3 is 5.73 Å². The molecule has 106 valence electrons. The molecular weight excluding hydrogens is 269 g/mol. The normalized spacial score (nSPS) is 11.5. The van der Waals surface area contributed by atoms with Gasteiger partial charge in [-0.2, -0.15) is 5.10 Å². The second kappa shape index (κ2) is 5.70. The third kappa shape index (κ3) is 2.60. The lowest BCUT2D eigenvalue weighted by molar-refractivity contribution is 0.587. The Hall–Kier alpha value is -2.76. The van der Waals surface area contributed by atoms with E-state index < -0.39 is 0 Å². The summed E-state index contributed by atoms with van der Waals surface area (Å²) in [7, 11) is 0. The Kier molecular flexibility index (Phi) is 3.59. The van der Waals surface area contributed by atoms with Gasteiger partial charge in [-0.05, 0) is 18.2 Å². The molecule has 5 nitrogen and oxygen atoms in total. The highest BCUT2D eigenvalue weighted by Gasteiger charge is 2.12. The summed E-state index contributed by atoms with van der Waals surface area (Å²) in [4.78, 5) is 8.34. The van der Waals surface area contributed by atoms with Crippen LogP contribution in [0.25, 0.3) is 11.0 Å². The predicted octanol–water partition coefficient (Wildman–Crippen LogP) is 2.11. The number of hydrogen-bond acceptors (Lipinski definition) is 3. The molecule has 0 fully saturated rings. The van der Waals surface area contributed by atoms with Crippen LogP contribution < -0.4 is 5.73 Å². The number of hydrogen-bond donors (Lipinski definition) is 1. The van der Waals surface area contributed by atoms with E-state index in [2.05, 4.69) is 15.1 Å². The van der Waals surface area contributed by atoms with Crippen LogP contribution in [0.4, 0.5) is 4.39 Å². The lowest BCUT2D eigenvalue weighted by Crippen LogP contribution is -2.05. The molecule has 0 spiro atoms.